The SMILES string of the molecule is CCc1c(NC)ncnc1NCCOc1cccc(C)c1. The van der Waals surface area contributed by atoms with Crippen molar-refractivity contribution in [2.75, 3.05) is 30.8 Å². The van der Waals surface area contributed by atoms with Crippen LogP contribution in [-0.2, 0) is 6.42 Å². The summed E-state index contributed by atoms with van der Waals surface area (Å²) in [6, 6.07) is 8.05. The molecule has 0 bridgehead atoms. The van der Waals surface area contributed by atoms with Crippen molar-refractivity contribution in [3.05, 3.63) is 41.7 Å². The molecule has 2 rings (SSSR count). The number of hydrogen-bond acceptors (Lipinski definition) is 5. The molecule has 0 aliphatic carbocycles. The molecule has 0 aliphatic rings. The van der Waals surface area contributed by atoms with Gasteiger partial charge in [0, 0.05) is 12.6 Å². The molecule has 2 N–H and O–H groups in total. The van der Waals surface area contributed by atoms with Crippen molar-refractivity contribution in [1.82, 2.24) is 9.97 Å². The summed E-state index contributed by atoms with van der Waals surface area (Å²) in [4.78, 5) is 8.52. The summed E-state index contributed by atoms with van der Waals surface area (Å²) >= 11 is 0. The Bertz CT molecular complexity index is 586. The highest BCUT2D eigenvalue weighted by Crippen LogP contribution is 2.19. The Labute approximate surface area is 125 Å². The van der Waals surface area contributed by atoms with Gasteiger partial charge >= 0.3 is 0 Å². The highest BCUT2D eigenvalue weighted by atomic mass is 16.5. The first-order valence-electron chi connectivity index (χ1n) is 7.19. The quantitative estimate of drug-likeness (QED) is 0.766. The number of benzene rings is 1. The number of aryl methyl sites for hydroxylation is 1. The lowest BCUT2D eigenvalue weighted by molar-refractivity contribution is 0.332. The Morgan fingerprint density at radius 3 is 2.71 bits per heavy atom. The predicted molar refractivity (Wildman–Crippen MR) is 86.1 cm³/mol. The van der Waals surface area contributed by atoms with Gasteiger partial charge in [-0.25, -0.2) is 9.97 Å². The van der Waals surface area contributed by atoms with Crippen LogP contribution in [0, 0.1) is 6.92 Å². The molecule has 0 fully saturated rings. The molecule has 1 aromatic heterocycles. The van der Waals surface area contributed by atoms with Crippen LogP contribution in [0.15, 0.2) is 30.6 Å². The molecule has 5 nitrogen and oxygen atoms in total. The molecule has 1 aromatic carbocycles. The van der Waals surface area contributed by atoms with E-state index < -0.39 is 0 Å². The molecule has 1 heterocycles. The van der Waals surface area contributed by atoms with Gasteiger partial charge in [0.25, 0.3) is 0 Å². The van der Waals surface area contributed by atoms with Crippen molar-refractivity contribution in [3.8, 4) is 5.75 Å². The van der Waals surface area contributed by atoms with E-state index in [1.807, 2.05) is 25.2 Å². The van der Waals surface area contributed by atoms with Crippen molar-refractivity contribution in [2.24, 2.45) is 0 Å². The second-order valence-electron chi connectivity index (χ2n) is 4.74. The zero-order valence-electron chi connectivity index (χ0n) is 12.8. The number of nitrogens with one attached hydrogen (secondary N) is 2. The first-order chi connectivity index (χ1) is 10.2. The number of nitrogens with zero attached hydrogens (tertiary/aromatic N) is 2. The van der Waals surface area contributed by atoms with E-state index in [2.05, 4.69) is 40.5 Å². The number of rotatable bonds is 7. The summed E-state index contributed by atoms with van der Waals surface area (Å²) in [7, 11) is 1.87. The molecule has 0 unspecified atom stereocenters. The zero-order chi connectivity index (χ0) is 15.1. The van der Waals surface area contributed by atoms with E-state index >= 15 is 0 Å². The van der Waals surface area contributed by atoms with E-state index in [1.54, 1.807) is 6.33 Å². The Morgan fingerprint density at radius 2 is 2.00 bits per heavy atom. The van der Waals surface area contributed by atoms with Gasteiger partial charge in [0.1, 0.15) is 30.3 Å². The van der Waals surface area contributed by atoms with Gasteiger partial charge in [-0.2, -0.15) is 0 Å². The topological polar surface area (TPSA) is 59.1 Å². The van der Waals surface area contributed by atoms with E-state index in [9.17, 15) is 0 Å². The fourth-order valence-corrected chi connectivity index (χ4v) is 2.16. The van der Waals surface area contributed by atoms with Crippen molar-refractivity contribution < 1.29 is 4.74 Å². The van der Waals surface area contributed by atoms with Crippen LogP contribution in [0.4, 0.5) is 11.6 Å². The van der Waals surface area contributed by atoms with E-state index in [4.69, 9.17) is 4.74 Å². The van der Waals surface area contributed by atoms with Crippen LogP contribution < -0.4 is 15.4 Å². The largest absolute Gasteiger partial charge is 0.492 e. The lowest BCUT2D eigenvalue weighted by Gasteiger charge is -2.13. The van der Waals surface area contributed by atoms with Gasteiger partial charge in [-0.05, 0) is 31.0 Å². The average molecular weight is 286 g/mol. The van der Waals surface area contributed by atoms with Gasteiger partial charge in [0.05, 0.1) is 6.54 Å². The maximum absolute atomic E-state index is 5.72. The third kappa shape index (κ3) is 4.08. The van der Waals surface area contributed by atoms with Crippen molar-refractivity contribution in [2.45, 2.75) is 20.3 Å². The Balaban J connectivity index is 1.89. The van der Waals surface area contributed by atoms with E-state index in [0.29, 0.717) is 13.2 Å². The molecule has 0 radical (unpaired) electrons. The number of hydrogen-bond donors (Lipinski definition) is 2. The molecule has 0 aliphatic heterocycles. The molecule has 5 heteroatoms. The number of anilines is 2. The molecule has 0 spiro atoms. The minimum atomic E-state index is 0.589. The molecule has 0 saturated carbocycles. The summed E-state index contributed by atoms with van der Waals surface area (Å²) in [5.41, 5.74) is 2.29. The summed E-state index contributed by atoms with van der Waals surface area (Å²) < 4.78 is 5.72. The Morgan fingerprint density at radius 1 is 1.19 bits per heavy atom. The van der Waals surface area contributed by atoms with Gasteiger partial charge in [-0.1, -0.05) is 19.1 Å². The predicted octanol–water partition coefficient (Wildman–Crippen LogP) is 2.88. The van der Waals surface area contributed by atoms with Gasteiger partial charge in [-0.3, -0.25) is 0 Å². The van der Waals surface area contributed by atoms with Crippen LogP contribution in [0.25, 0.3) is 0 Å². The number of aromatic nitrogens is 2. The molecule has 2 aromatic rings. The summed E-state index contributed by atoms with van der Waals surface area (Å²) in [5, 5.41) is 6.39. The van der Waals surface area contributed by atoms with Crippen LogP contribution >= 0.6 is 0 Å². The third-order valence-corrected chi connectivity index (χ3v) is 3.19. The maximum atomic E-state index is 5.72. The van der Waals surface area contributed by atoms with Gasteiger partial charge in [0.2, 0.25) is 0 Å². The van der Waals surface area contributed by atoms with E-state index in [1.165, 1.54) is 5.56 Å². The second kappa shape index (κ2) is 7.47. The van der Waals surface area contributed by atoms with Crippen LogP contribution in [0.2, 0.25) is 0 Å². The summed E-state index contributed by atoms with van der Waals surface area (Å²) in [6.45, 7) is 5.43. The zero-order valence-corrected chi connectivity index (χ0v) is 12.8. The summed E-state index contributed by atoms with van der Waals surface area (Å²) in [6.07, 6.45) is 2.44. The van der Waals surface area contributed by atoms with Crippen molar-refractivity contribution in [3.63, 3.8) is 0 Å². The Kier molecular flexibility index (Phi) is 5.37. The number of ether oxygens (including phenoxy) is 1. The Hall–Kier alpha value is -2.30. The first-order valence-corrected chi connectivity index (χ1v) is 7.19. The second-order valence-corrected chi connectivity index (χ2v) is 4.74. The van der Waals surface area contributed by atoms with E-state index in [-0.39, 0.29) is 0 Å². The van der Waals surface area contributed by atoms with Crippen molar-refractivity contribution >= 4 is 11.6 Å². The van der Waals surface area contributed by atoms with Crippen molar-refractivity contribution in [1.29, 1.82) is 0 Å². The minimum Gasteiger partial charge on any atom is -0.492 e. The molecular formula is C16H22N4O. The molecule has 112 valence electrons. The van der Waals surface area contributed by atoms with Crippen LogP contribution in [0.5, 0.6) is 5.75 Å². The van der Waals surface area contributed by atoms with Gasteiger partial charge < -0.3 is 15.4 Å². The monoisotopic (exact) mass is 286 g/mol. The highest BCUT2D eigenvalue weighted by Gasteiger charge is 2.07. The maximum Gasteiger partial charge on any atom is 0.134 e. The average Bonchev–Trinajstić information content (AvgIpc) is 2.51. The standard InChI is InChI=1S/C16H22N4O/c1-4-14-15(17-3)19-11-20-16(14)18-8-9-21-13-7-5-6-12(2)10-13/h5-7,10-11H,4,8-9H2,1-3H3,(H2,17,18,19,20). The van der Waals surface area contributed by atoms with Gasteiger partial charge in [0.15, 0.2) is 0 Å². The molecule has 0 amide bonds. The summed E-state index contributed by atoms with van der Waals surface area (Å²) in [5.74, 6) is 2.63. The molecule has 0 saturated heterocycles. The van der Waals surface area contributed by atoms with Crippen LogP contribution in [0.1, 0.15) is 18.1 Å². The van der Waals surface area contributed by atoms with Crippen LogP contribution in [-0.4, -0.2) is 30.2 Å². The molecule has 21 heavy (non-hydrogen) atoms. The minimum absolute atomic E-state index is 0.589. The third-order valence-electron chi connectivity index (χ3n) is 3.19. The van der Waals surface area contributed by atoms with Gasteiger partial charge in [-0.15, -0.1) is 0 Å². The lowest BCUT2D eigenvalue weighted by atomic mass is 10.2. The molecule has 0 atom stereocenters. The smallest absolute Gasteiger partial charge is 0.134 e. The molecular weight excluding hydrogens is 264 g/mol. The highest BCUT2D eigenvalue weighted by molar-refractivity contribution is 5.57. The fourth-order valence-electron chi connectivity index (χ4n) is 2.16. The first kappa shape index (κ1) is 15.1. The lowest BCUT2D eigenvalue weighted by Crippen LogP contribution is -2.14. The fraction of sp³-hybridized carbons (Fsp3) is 0.375. The normalized spacial score (nSPS) is 10.2. The van der Waals surface area contributed by atoms with E-state index in [0.717, 1.165) is 29.4 Å². The van der Waals surface area contributed by atoms with Crippen LogP contribution in [0.3, 0.4) is 0 Å².